The van der Waals surface area contributed by atoms with Crippen molar-refractivity contribution in [1.82, 2.24) is 0 Å². The zero-order valence-corrected chi connectivity index (χ0v) is 37.6. The van der Waals surface area contributed by atoms with Crippen LogP contribution in [0.1, 0.15) is 25.0 Å². The van der Waals surface area contributed by atoms with E-state index < -0.39 is 0 Å². The van der Waals surface area contributed by atoms with Crippen molar-refractivity contribution in [2.75, 3.05) is 4.90 Å². The fourth-order valence-electron chi connectivity index (χ4n) is 11.5. The highest BCUT2D eigenvalue weighted by molar-refractivity contribution is 6.25. The van der Waals surface area contributed by atoms with Gasteiger partial charge in [-0.25, -0.2) is 0 Å². The van der Waals surface area contributed by atoms with Crippen molar-refractivity contribution in [2.24, 2.45) is 0 Å². The smallest absolute Gasteiger partial charge is 0.143 e. The number of fused-ring (bicyclic) bond motifs is 12. The number of hydrogen-bond acceptors (Lipinski definition) is 3. The van der Waals surface area contributed by atoms with Crippen molar-refractivity contribution in [3.8, 4) is 44.5 Å². The number of benzene rings is 11. The molecule has 2 aromatic heterocycles. The summed E-state index contributed by atoms with van der Waals surface area (Å²) in [6.45, 7) is 4.70. The second-order valence-electron chi connectivity index (χ2n) is 18.7. The lowest BCUT2D eigenvalue weighted by molar-refractivity contribution is 0.660. The molecule has 0 bridgehead atoms. The summed E-state index contributed by atoms with van der Waals surface area (Å²) in [7, 11) is 0. The third kappa shape index (κ3) is 5.66. The molecule has 3 heteroatoms. The molecule has 1 aliphatic rings. The van der Waals surface area contributed by atoms with E-state index in [-0.39, 0.29) is 5.41 Å². The second kappa shape index (κ2) is 14.7. The molecule has 0 saturated heterocycles. The van der Waals surface area contributed by atoms with Gasteiger partial charge in [0.05, 0.1) is 11.1 Å². The minimum Gasteiger partial charge on any atom is -0.455 e. The molecule has 0 amide bonds. The maximum absolute atomic E-state index is 7.03. The predicted molar refractivity (Wildman–Crippen MR) is 285 cm³/mol. The van der Waals surface area contributed by atoms with E-state index in [4.69, 9.17) is 8.83 Å². The number of hydrogen-bond donors (Lipinski definition) is 0. The van der Waals surface area contributed by atoms with E-state index in [0.29, 0.717) is 0 Å². The summed E-state index contributed by atoms with van der Waals surface area (Å²) in [5, 5.41) is 8.93. The Morgan fingerprint density at radius 3 is 1.79 bits per heavy atom. The molecule has 11 aromatic carbocycles. The van der Waals surface area contributed by atoms with Gasteiger partial charge in [0.1, 0.15) is 22.3 Å². The predicted octanol–water partition coefficient (Wildman–Crippen LogP) is 18.6. The Hall–Kier alpha value is -8.66. The van der Waals surface area contributed by atoms with E-state index in [2.05, 4.69) is 243 Å². The highest BCUT2D eigenvalue weighted by Crippen LogP contribution is 2.53. The van der Waals surface area contributed by atoms with E-state index in [1.54, 1.807) is 0 Å². The fraction of sp³-hybridized carbons (Fsp3) is 0.0462. The Morgan fingerprint density at radius 1 is 0.338 bits per heavy atom. The number of furan rings is 2. The zero-order chi connectivity index (χ0) is 45.1. The number of nitrogens with zero attached hydrogens (tertiary/aromatic N) is 1. The maximum Gasteiger partial charge on any atom is 0.143 e. The average Bonchev–Trinajstić information content (AvgIpc) is 4.05. The first-order valence-electron chi connectivity index (χ1n) is 23.5. The normalized spacial score (nSPS) is 13.0. The van der Waals surface area contributed by atoms with Crippen LogP contribution >= 0.6 is 0 Å². The summed E-state index contributed by atoms with van der Waals surface area (Å²) < 4.78 is 14.0. The van der Waals surface area contributed by atoms with Gasteiger partial charge in [0.15, 0.2) is 0 Å². The van der Waals surface area contributed by atoms with Gasteiger partial charge in [-0.1, -0.05) is 190 Å². The largest absolute Gasteiger partial charge is 0.455 e. The highest BCUT2D eigenvalue weighted by Gasteiger charge is 2.36. The van der Waals surface area contributed by atoms with Crippen LogP contribution in [0.15, 0.2) is 233 Å². The first-order valence-corrected chi connectivity index (χ1v) is 23.5. The van der Waals surface area contributed by atoms with Gasteiger partial charge in [-0.2, -0.15) is 0 Å². The highest BCUT2D eigenvalue weighted by atomic mass is 16.3. The van der Waals surface area contributed by atoms with Crippen molar-refractivity contribution in [1.29, 1.82) is 0 Å². The molecule has 3 nitrogen and oxygen atoms in total. The zero-order valence-electron chi connectivity index (χ0n) is 37.6. The van der Waals surface area contributed by atoms with Crippen LogP contribution < -0.4 is 4.90 Å². The minimum atomic E-state index is -0.166. The van der Waals surface area contributed by atoms with Gasteiger partial charge >= 0.3 is 0 Å². The summed E-state index contributed by atoms with van der Waals surface area (Å²) in [5.41, 5.74) is 18.6. The Bertz CT molecular complexity index is 4170. The molecule has 0 N–H and O–H groups in total. The van der Waals surface area contributed by atoms with Gasteiger partial charge in [0.25, 0.3) is 0 Å². The quantitative estimate of drug-likeness (QED) is 0.167. The van der Waals surface area contributed by atoms with Crippen molar-refractivity contribution in [3.05, 3.63) is 236 Å². The molecule has 0 radical (unpaired) electrons. The van der Waals surface area contributed by atoms with Crippen LogP contribution in [0.4, 0.5) is 17.1 Å². The van der Waals surface area contributed by atoms with Crippen LogP contribution in [0.5, 0.6) is 0 Å². The van der Waals surface area contributed by atoms with Crippen LogP contribution in [-0.2, 0) is 5.41 Å². The molecule has 0 spiro atoms. The monoisotopic (exact) mass is 869 g/mol. The van der Waals surface area contributed by atoms with E-state index >= 15 is 0 Å². The maximum atomic E-state index is 7.03. The lowest BCUT2D eigenvalue weighted by Gasteiger charge is -2.29. The number of rotatable bonds is 6. The third-order valence-electron chi connectivity index (χ3n) is 14.7. The van der Waals surface area contributed by atoms with Gasteiger partial charge in [-0.05, 0) is 115 Å². The molecule has 1 aliphatic carbocycles. The Balaban J connectivity index is 1.01. The summed E-state index contributed by atoms with van der Waals surface area (Å²) in [4.78, 5) is 2.43. The lowest BCUT2D eigenvalue weighted by atomic mass is 9.82. The standard InChI is InChI=1S/C65H43NO2/c1-65(2)56-28-11-10-22-48(56)49-37-36-44(38-57(49)65)66(43-34-32-41(33-35-43)40-16-4-3-5-17-40)58-29-15-31-60-62(58)55-39-54(47-21-8-9-23-51(47)64(55)68-60)52-26-13-27-53-61-50(25-14-30-59(61)67-63(52)53)46-24-12-19-42-18-6-7-20-45(42)46/h3-39H,1-2H3. The SMILES string of the molecule is CC1(C)c2ccccc2-c2ccc(N(c3ccc(-c4ccccc4)cc3)c3cccc4oc5c6ccccc6c(-c6cccc7c6oc6cccc(-c8cccc9ccccc89)c67)cc5c34)cc21. The summed E-state index contributed by atoms with van der Waals surface area (Å²) in [5.74, 6) is 0. The average molecular weight is 870 g/mol. The number of para-hydroxylation sites is 1. The van der Waals surface area contributed by atoms with Crippen molar-refractivity contribution in [2.45, 2.75) is 19.3 Å². The van der Waals surface area contributed by atoms with Gasteiger partial charge in [0, 0.05) is 43.9 Å². The summed E-state index contributed by atoms with van der Waals surface area (Å²) in [6, 6.07) is 81.2. The van der Waals surface area contributed by atoms with Gasteiger partial charge in [-0.3, -0.25) is 0 Å². The molecule has 0 atom stereocenters. The van der Waals surface area contributed by atoms with Crippen LogP contribution in [-0.4, -0.2) is 0 Å². The molecule has 14 rings (SSSR count). The van der Waals surface area contributed by atoms with Gasteiger partial charge < -0.3 is 13.7 Å². The third-order valence-corrected chi connectivity index (χ3v) is 14.7. The van der Waals surface area contributed by atoms with Crippen LogP contribution in [0.2, 0.25) is 0 Å². The van der Waals surface area contributed by atoms with Crippen LogP contribution in [0.25, 0.3) is 110 Å². The Kier molecular flexibility index (Phi) is 8.33. The van der Waals surface area contributed by atoms with Crippen LogP contribution in [0, 0.1) is 0 Å². The molecule has 0 saturated carbocycles. The molecule has 0 aliphatic heterocycles. The topological polar surface area (TPSA) is 29.5 Å². The van der Waals surface area contributed by atoms with E-state index in [9.17, 15) is 0 Å². The molecule has 68 heavy (non-hydrogen) atoms. The molecule has 320 valence electrons. The Morgan fingerprint density at radius 2 is 0.926 bits per heavy atom. The van der Waals surface area contributed by atoms with E-state index in [1.165, 1.54) is 49.7 Å². The van der Waals surface area contributed by atoms with Crippen molar-refractivity contribution >= 4 is 82.5 Å². The molecule has 0 fully saturated rings. The first-order chi connectivity index (χ1) is 33.5. The van der Waals surface area contributed by atoms with E-state index in [0.717, 1.165) is 88.4 Å². The van der Waals surface area contributed by atoms with Crippen LogP contribution in [0.3, 0.4) is 0 Å². The summed E-state index contributed by atoms with van der Waals surface area (Å²) >= 11 is 0. The van der Waals surface area contributed by atoms with Gasteiger partial charge in [-0.15, -0.1) is 0 Å². The molecule has 2 heterocycles. The lowest BCUT2D eigenvalue weighted by Crippen LogP contribution is -2.16. The van der Waals surface area contributed by atoms with Gasteiger partial charge in [0.2, 0.25) is 0 Å². The molecule has 0 unspecified atom stereocenters. The second-order valence-corrected chi connectivity index (χ2v) is 18.7. The van der Waals surface area contributed by atoms with E-state index in [1.807, 2.05) is 0 Å². The summed E-state index contributed by atoms with van der Waals surface area (Å²) in [6.07, 6.45) is 0. The van der Waals surface area contributed by atoms with Crippen molar-refractivity contribution < 1.29 is 8.83 Å². The first kappa shape index (κ1) is 38.6. The molecular formula is C65H43NO2. The molecule has 13 aromatic rings. The van der Waals surface area contributed by atoms with Crippen molar-refractivity contribution in [3.63, 3.8) is 0 Å². The fourth-order valence-corrected chi connectivity index (χ4v) is 11.5. The minimum absolute atomic E-state index is 0.166. The molecular weight excluding hydrogens is 827 g/mol. The Labute approximate surface area is 393 Å². The number of anilines is 3.